The number of carbonyl (C=O) groups excluding carboxylic acids is 3. The summed E-state index contributed by atoms with van der Waals surface area (Å²) < 4.78 is 15.5. The van der Waals surface area contributed by atoms with Crippen molar-refractivity contribution in [3.05, 3.63) is 31.3 Å². The van der Waals surface area contributed by atoms with E-state index in [0.29, 0.717) is 25.7 Å². The molecule has 0 aliphatic rings. The van der Waals surface area contributed by atoms with E-state index in [4.69, 9.17) is 30.8 Å². The fourth-order valence-corrected chi connectivity index (χ4v) is 2.75. The van der Waals surface area contributed by atoms with Crippen LogP contribution in [0.15, 0.2) is 15.3 Å². The molecule has 0 fully saturated rings. The number of rotatable bonds is 16. The van der Waals surface area contributed by atoms with Gasteiger partial charge in [0.1, 0.15) is 18.1 Å². The van der Waals surface area contributed by atoms with Gasteiger partial charge in [-0.1, -0.05) is 28.7 Å². The van der Waals surface area contributed by atoms with E-state index in [-0.39, 0.29) is 19.8 Å². The average molecular weight is 467 g/mol. The van der Waals surface area contributed by atoms with Crippen molar-refractivity contribution in [3.63, 3.8) is 0 Å². The molecule has 0 N–H and O–H groups in total. The quantitative estimate of drug-likeness (QED) is 0.106. The van der Waals surface area contributed by atoms with E-state index in [1.165, 1.54) is 20.8 Å². The fourth-order valence-electron chi connectivity index (χ4n) is 2.75. The molecule has 0 saturated carbocycles. The molecular weight excluding hydrogens is 438 g/mol. The predicted molar refractivity (Wildman–Crippen MR) is 115 cm³/mol. The van der Waals surface area contributed by atoms with E-state index in [1.54, 1.807) is 0 Å². The number of hydrogen-bond donors (Lipinski definition) is 0. The monoisotopic (exact) mass is 467 g/mol. The van der Waals surface area contributed by atoms with Crippen molar-refractivity contribution >= 4 is 17.9 Å². The maximum Gasteiger partial charge on any atom is 0.314 e. The van der Waals surface area contributed by atoms with Crippen molar-refractivity contribution in [2.75, 3.05) is 19.8 Å². The maximum atomic E-state index is 11.9. The molecule has 0 rings (SSSR count). The number of carbonyl (C=O) groups is 3. The fraction of sp³-hybridized carbons (Fsp3) is 0.833. The third-order valence-electron chi connectivity index (χ3n) is 5.08. The molecule has 0 aliphatic heterocycles. The lowest BCUT2D eigenvalue weighted by molar-refractivity contribution is -0.147. The Hall–Kier alpha value is -3.66. The lowest BCUT2D eigenvalue weighted by atomic mass is 9.76. The molecule has 0 radical (unpaired) electrons. The highest BCUT2D eigenvalue weighted by molar-refractivity contribution is 5.76. The highest BCUT2D eigenvalue weighted by Crippen LogP contribution is 2.35. The SMILES string of the molecule is CCC(CCOC(=O)C(C)N=[N+]=[N-])(CCOC(=O)C(C)N=[N+]=[N-])CCOC(=O)C(C)N=[N+]=[N-]. The number of esters is 3. The third kappa shape index (κ3) is 11.5. The van der Waals surface area contributed by atoms with Crippen molar-refractivity contribution in [1.82, 2.24) is 0 Å². The van der Waals surface area contributed by atoms with Crippen LogP contribution < -0.4 is 0 Å². The van der Waals surface area contributed by atoms with Crippen LogP contribution in [0.2, 0.25) is 0 Å². The zero-order chi connectivity index (χ0) is 25.3. The maximum absolute atomic E-state index is 11.9. The summed E-state index contributed by atoms with van der Waals surface area (Å²) in [7, 11) is 0. The molecule has 15 nitrogen and oxygen atoms in total. The van der Waals surface area contributed by atoms with Gasteiger partial charge in [-0.2, -0.15) is 0 Å². The average Bonchev–Trinajstić information content (AvgIpc) is 2.78. The predicted octanol–water partition coefficient (Wildman–Crippen LogP) is 4.28. The van der Waals surface area contributed by atoms with Gasteiger partial charge in [0.25, 0.3) is 0 Å². The minimum Gasteiger partial charge on any atom is -0.465 e. The van der Waals surface area contributed by atoms with E-state index in [2.05, 4.69) is 30.1 Å². The van der Waals surface area contributed by atoms with Gasteiger partial charge in [0.2, 0.25) is 0 Å². The first kappa shape index (κ1) is 29.3. The number of nitrogens with zero attached hydrogens (tertiary/aromatic N) is 9. The molecule has 0 heterocycles. The van der Waals surface area contributed by atoms with Crippen LogP contribution in [-0.2, 0) is 28.6 Å². The Morgan fingerprint density at radius 2 is 0.970 bits per heavy atom. The van der Waals surface area contributed by atoms with Crippen LogP contribution in [0, 0.1) is 5.41 Å². The lowest BCUT2D eigenvalue weighted by Crippen LogP contribution is -2.30. The molecule has 3 atom stereocenters. The smallest absolute Gasteiger partial charge is 0.314 e. The van der Waals surface area contributed by atoms with E-state index >= 15 is 0 Å². The molecule has 0 saturated heterocycles. The second-order valence-corrected chi connectivity index (χ2v) is 7.25. The van der Waals surface area contributed by atoms with Crippen molar-refractivity contribution < 1.29 is 28.6 Å². The van der Waals surface area contributed by atoms with Crippen molar-refractivity contribution in [3.8, 4) is 0 Å². The van der Waals surface area contributed by atoms with Gasteiger partial charge in [-0.15, -0.1) is 0 Å². The molecule has 0 aliphatic carbocycles. The first-order valence-corrected chi connectivity index (χ1v) is 10.3. The third-order valence-corrected chi connectivity index (χ3v) is 5.08. The Morgan fingerprint density at radius 3 is 1.18 bits per heavy atom. The normalized spacial score (nSPS) is 14.5. The number of ether oxygens (including phenoxy) is 3. The zero-order valence-electron chi connectivity index (χ0n) is 19.2. The van der Waals surface area contributed by atoms with Crippen LogP contribution in [0.5, 0.6) is 0 Å². The molecule has 3 unspecified atom stereocenters. The molecule has 33 heavy (non-hydrogen) atoms. The molecule has 0 amide bonds. The molecule has 182 valence electrons. The van der Waals surface area contributed by atoms with Gasteiger partial charge in [-0.05, 0) is 62.0 Å². The van der Waals surface area contributed by atoms with Crippen LogP contribution >= 0.6 is 0 Å². The topological polar surface area (TPSA) is 225 Å². The molecule has 0 aromatic heterocycles. The first-order valence-electron chi connectivity index (χ1n) is 10.3. The van der Waals surface area contributed by atoms with Crippen LogP contribution in [0.4, 0.5) is 0 Å². The summed E-state index contributed by atoms with van der Waals surface area (Å²) in [6, 6.07) is -2.92. The van der Waals surface area contributed by atoms with Gasteiger partial charge in [0.15, 0.2) is 0 Å². The van der Waals surface area contributed by atoms with E-state index in [9.17, 15) is 14.4 Å². The zero-order valence-corrected chi connectivity index (χ0v) is 19.2. The molecular formula is C18H29N9O6. The van der Waals surface area contributed by atoms with Gasteiger partial charge in [0.05, 0.1) is 19.8 Å². The largest absolute Gasteiger partial charge is 0.465 e. The van der Waals surface area contributed by atoms with Crippen LogP contribution in [-0.4, -0.2) is 55.9 Å². The highest BCUT2D eigenvalue weighted by Gasteiger charge is 2.30. The van der Waals surface area contributed by atoms with Crippen LogP contribution in [0.3, 0.4) is 0 Å². The van der Waals surface area contributed by atoms with E-state index < -0.39 is 41.4 Å². The van der Waals surface area contributed by atoms with E-state index in [1.807, 2.05) is 6.92 Å². The Balaban J connectivity index is 5.14. The Kier molecular flexibility index (Phi) is 14.3. The van der Waals surface area contributed by atoms with Gasteiger partial charge in [-0.25, -0.2) is 0 Å². The van der Waals surface area contributed by atoms with Gasteiger partial charge in [-0.3, -0.25) is 14.4 Å². The van der Waals surface area contributed by atoms with Crippen molar-refractivity contribution in [2.24, 2.45) is 20.8 Å². The summed E-state index contributed by atoms with van der Waals surface area (Å²) in [6.07, 6.45) is 1.63. The summed E-state index contributed by atoms with van der Waals surface area (Å²) >= 11 is 0. The van der Waals surface area contributed by atoms with Gasteiger partial charge < -0.3 is 14.2 Å². The second kappa shape index (κ2) is 16.0. The van der Waals surface area contributed by atoms with Crippen molar-refractivity contribution in [1.29, 1.82) is 0 Å². The second-order valence-electron chi connectivity index (χ2n) is 7.25. The lowest BCUT2D eigenvalue weighted by Gasteiger charge is -2.32. The standard InChI is InChI=1S/C18H29N9O6/c1-5-18(6-9-31-15(28)12(2)22-25-19,7-10-32-16(29)13(3)23-26-20)8-11-33-17(30)14(4)24-27-21/h12-14H,5-11H2,1-4H3. The summed E-state index contributed by atoms with van der Waals surface area (Å²) in [6.45, 7) is 6.12. The first-order chi connectivity index (χ1) is 15.7. The molecule has 0 spiro atoms. The highest BCUT2D eigenvalue weighted by atomic mass is 16.5. The number of hydrogen-bond acceptors (Lipinski definition) is 9. The minimum atomic E-state index is -0.975. The number of azide groups is 3. The van der Waals surface area contributed by atoms with Crippen LogP contribution in [0.1, 0.15) is 53.4 Å². The Labute approximate surface area is 190 Å². The molecule has 0 aromatic carbocycles. The van der Waals surface area contributed by atoms with Crippen molar-refractivity contribution in [2.45, 2.75) is 71.5 Å². The minimum absolute atomic E-state index is 0.00408. The molecule has 0 aromatic rings. The van der Waals surface area contributed by atoms with Gasteiger partial charge >= 0.3 is 17.9 Å². The summed E-state index contributed by atoms with van der Waals surface area (Å²) in [5, 5.41) is 9.85. The summed E-state index contributed by atoms with van der Waals surface area (Å²) in [5.74, 6) is -2.04. The Bertz CT molecular complexity index is 714. The summed E-state index contributed by atoms with van der Waals surface area (Å²) in [5.41, 5.74) is 24.7. The van der Waals surface area contributed by atoms with E-state index in [0.717, 1.165) is 0 Å². The van der Waals surface area contributed by atoms with Gasteiger partial charge in [0, 0.05) is 14.7 Å². The molecule has 15 heteroatoms. The Morgan fingerprint density at radius 1 is 0.697 bits per heavy atom. The molecule has 0 bridgehead atoms. The van der Waals surface area contributed by atoms with Crippen LogP contribution in [0.25, 0.3) is 31.3 Å². The summed E-state index contributed by atoms with van der Waals surface area (Å²) in [4.78, 5) is 43.3.